The lowest BCUT2D eigenvalue weighted by molar-refractivity contribution is -0.123. The maximum Gasteiger partial charge on any atom is 0.258 e. The third-order valence-corrected chi connectivity index (χ3v) is 2.94. The minimum Gasteiger partial charge on any atom is -0.493 e. The fourth-order valence-corrected chi connectivity index (χ4v) is 1.85. The Kier molecular flexibility index (Phi) is 9.30. The number of rotatable bonds is 8. The first kappa shape index (κ1) is 23.0. The number of ether oxygens (including phenoxy) is 2. The molecule has 0 aliphatic heterocycles. The molecule has 0 atom stereocenters. The summed E-state index contributed by atoms with van der Waals surface area (Å²) in [5, 5.41) is 5.49. The van der Waals surface area contributed by atoms with Crippen molar-refractivity contribution < 1.29 is 19.1 Å². The molecule has 0 bridgehead atoms. The molecule has 7 nitrogen and oxygen atoms in total. The largest absolute Gasteiger partial charge is 0.493 e. The van der Waals surface area contributed by atoms with Gasteiger partial charge in [0, 0.05) is 23.7 Å². The van der Waals surface area contributed by atoms with Gasteiger partial charge < -0.3 is 25.8 Å². The predicted molar refractivity (Wildman–Crippen MR) is 99.6 cm³/mol. The second-order valence-electron chi connectivity index (χ2n) is 6.55. The normalized spacial score (nSPS) is 10.7. The van der Waals surface area contributed by atoms with Crippen LogP contribution in [0.5, 0.6) is 11.5 Å². The van der Waals surface area contributed by atoms with E-state index >= 15 is 0 Å². The average molecular weight is 374 g/mol. The first-order chi connectivity index (χ1) is 11.1. The molecule has 1 rings (SSSR count). The van der Waals surface area contributed by atoms with Crippen LogP contribution in [0.25, 0.3) is 0 Å². The van der Waals surface area contributed by atoms with Crippen LogP contribution in [0.15, 0.2) is 18.2 Å². The molecule has 1 aromatic rings. The molecule has 1 aromatic carbocycles. The Morgan fingerprint density at radius 2 is 1.88 bits per heavy atom. The summed E-state index contributed by atoms with van der Waals surface area (Å²) in [6.45, 7) is 7.62. The standard InChI is InChI=1S/C17H27N3O4.ClH/c1-11(2)20-15(21)9-24-13-7-6-12(8-14(13)23-5)16(22)19-10-17(3,4)18;/h6-8,11H,9-10,18H2,1-5H3,(H,19,22)(H,20,21);1H. The lowest BCUT2D eigenvalue weighted by Gasteiger charge is -2.19. The fourth-order valence-electron chi connectivity index (χ4n) is 1.85. The number of hydrogen-bond acceptors (Lipinski definition) is 5. The first-order valence-corrected chi connectivity index (χ1v) is 7.79. The van der Waals surface area contributed by atoms with Gasteiger partial charge in [0.25, 0.3) is 11.8 Å². The molecular weight excluding hydrogens is 346 g/mol. The summed E-state index contributed by atoms with van der Waals surface area (Å²) in [5.74, 6) is 0.300. The van der Waals surface area contributed by atoms with Crippen LogP contribution in [-0.2, 0) is 4.79 Å². The number of carbonyl (C=O) groups excluding carboxylic acids is 2. The molecule has 25 heavy (non-hydrogen) atoms. The van der Waals surface area contributed by atoms with E-state index in [4.69, 9.17) is 15.2 Å². The number of benzene rings is 1. The lowest BCUT2D eigenvalue weighted by Crippen LogP contribution is -2.45. The molecule has 0 fully saturated rings. The van der Waals surface area contributed by atoms with Crippen molar-refractivity contribution in [2.24, 2.45) is 5.73 Å². The quantitative estimate of drug-likeness (QED) is 0.640. The monoisotopic (exact) mass is 373 g/mol. The van der Waals surface area contributed by atoms with Crippen LogP contribution in [0.1, 0.15) is 38.1 Å². The van der Waals surface area contributed by atoms with E-state index in [1.54, 1.807) is 18.2 Å². The highest BCUT2D eigenvalue weighted by Gasteiger charge is 2.16. The molecule has 8 heteroatoms. The molecule has 142 valence electrons. The second kappa shape index (κ2) is 10.1. The Balaban J connectivity index is 0.00000576. The van der Waals surface area contributed by atoms with Gasteiger partial charge in [0.05, 0.1) is 7.11 Å². The molecule has 2 amide bonds. The van der Waals surface area contributed by atoms with Crippen molar-refractivity contribution in [3.63, 3.8) is 0 Å². The van der Waals surface area contributed by atoms with Gasteiger partial charge in [0.15, 0.2) is 18.1 Å². The SMILES string of the molecule is COc1cc(C(=O)NCC(C)(C)N)ccc1OCC(=O)NC(C)C.Cl. The van der Waals surface area contributed by atoms with E-state index in [0.29, 0.717) is 23.6 Å². The van der Waals surface area contributed by atoms with Crippen LogP contribution in [-0.4, -0.2) is 43.7 Å². The van der Waals surface area contributed by atoms with Crippen molar-refractivity contribution in [3.05, 3.63) is 23.8 Å². The third kappa shape index (κ3) is 8.60. The van der Waals surface area contributed by atoms with Gasteiger partial charge in [-0.15, -0.1) is 12.4 Å². The molecule has 0 saturated carbocycles. The number of halogens is 1. The van der Waals surface area contributed by atoms with Crippen LogP contribution < -0.4 is 25.8 Å². The number of carbonyl (C=O) groups is 2. The van der Waals surface area contributed by atoms with Crippen molar-refractivity contribution >= 4 is 24.2 Å². The van der Waals surface area contributed by atoms with E-state index < -0.39 is 5.54 Å². The van der Waals surface area contributed by atoms with Gasteiger partial charge in [0.2, 0.25) is 0 Å². The second-order valence-corrected chi connectivity index (χ2v) is 6.55. The van der Waals surface area contributed by atoms with Crippen molar-refractivity contribution in [1.29, 1.82) is 0 Å². The van der Waals surface area contributed by atoms with E-state index in [2.05, 4.69) is 10.6 Å². The molecule has 4 N–H and O–H groups in total. The highest BCUT2D eigenvalue weighted by atomic mass is 35.5. The topological polar surface area (TPSA) is 103 Å². The van der Waals surface area contributed by atoms with Gasteiger partial charge in [-0.1, -0.05) is 0 Å². The molecular formula is C17H28ClN3O4. The summed E-state index contributed by atoms with van der Waals surface area (Å²) in [4.78, 5) is 23.8. The highest BCUT2D eigenvalue weighted by Crippen LogP contribution is 2.28. The molecule has 0 unspecified atom stereocenters. The molecule has 0 saturated heterocycles. The minimum absolute atomic E-state index is 0. The Labute approximate surface area is 155 Å². The van der Waals surface area contributed by atoms with Crippen LogP contribution in [0, 0.1) is 0 Å². The smallest absolute Gasteiger partial charge is 0.258 e. The summed E-state index contributed by atoms with van der Waals surface area (Å²) < 4.78 is 10.7. The zero-order valence-corrected chi connectivity index (χ0v) is 16.2. The third-order valence-electron chi connectivity index (χ3n) is 2.94. The Hall–Kier alpha value is -1.99. The van der Waals surface area contributed by atoms with Gasteiger partial charge in [-0.25, -0.2) is 0 Å². The van der Waals surface area contributed by atoms with E-state index in [1.807, 2.05) is 27.7 Å². The number of amides is 2. The maximum atomic E-state index is 12.1. The fraction of sp³-hybridized carbons (Fsp3) is 0.529. The van der Waals surface area contributed by atoms with Crippen LogP contribution in [0.2, 0.25) is 0 Å². The molecule has 0 aliphatic rings. The summed E-state index contributed by atoms with van der Waals surface area (Å²) >= 11 is 0. The van der Waals surface area contributed by atoms with Crippen LogP contribution >= 0.6 is 12.4 Å². The minimum atomic E-state index is -0.493. The van der Waals surface area contributed by atoms with E-state index in [-0.39, 0.29) is 36.9 Å². The van der Waals surface area contributed by atoms with Crippen LogP contribution in [0.3, 0.4) is 0 Å². The number of hydrogen-bond donors (Lipinski definition) is 3. The maximum absolute atomic E-state index is 12.1. The predicted octanol–water partition coefficient (Wildman–Crippen LogP) is 1.49. The molecule has 0 spiro atoms. The summed E-state index contributed by atoms with van der Waals surface area (Å²) in [5.41, 5.74) is 5.78. The van der Waals surface area contributed by atoms with E-state index in [1.165, 1.54) is 7.11 Å². The Morgan fingerprint density at radius 3 is 2.40 bits per heavy atom. The Bertz CT molecular complexity index is 586. The van der Waals surface area contributed by atoms with Gasteiger partial charge in [0.1, 0.15) is 0 Å². The first-order valence-electron chi connectivity index (χ1n) is 7.79. The van der Waals surface area contributed by atoms with Gasteiger partial charge in [-0.05, 0) is 45.9 Å². The average Bonchev–Trinajstić information content (AvgIpc) is 2.49. The summed E-state index contributed by atoms with van der Waals surface area (Å²) in [6.07, 6.45) is 0. The van der Waals surface area contributed by atoms with Crippen LogP contribution in [0.4, 0.5) is 0 Å². The number of methoxy groups -OCH3 is 1. The molecule has 0 heterocycles. The van der Waals surface area contributed by atoms with Gasteiger partial charge in [-0.3, -0.25) is 9.59 Å². The molecule has 0 aromatic heterocycles. The van der Waals surface area contributed by atoms with Gasteiger partial charge in [-0.2, -0.15) is 0 Å². The molecule has 0 radical (unpaired) electrons. The summed E-state index contributed by atoms with van der Waals surface area (Å²) in [6, 6.07) is 4.82. The van der Waals surface area contributed by atoms with Crippen molar-refractivity contribution in [2.75, 3.05) is 20.3 Å². The van der Waals surface area contributed by atoms with Gasteiger partial charge >= 0.3 is 0 Å². The number of nitrogens with one attached hydrogen (secondary N) is 2. The summed E-state index contributed by atoms with van der Waals surface area (Å²) in [7, 11) is 1.47. The van der Waals surface area contributed by atoms with Crippen molar-refractivity contribution in [1.82, 2.24) is 10.6 Å². The lowest BCUT2D eigenvalue weighted by atomic mass is 10.1. The van der Waals surface area contributed by atoms with Crippen molar-refractivity contribution in [2.45, 2.75) is 39.3 Å². The number of nitrogens with two attached hydrogens (primary N) is 1. The zero-order valence-electron chi connectivity index (χ0n) is 15.3. The molecule has 0 aliphatic carbocycles. The zero-order chi connectivity index (χ0) is 18.3. The Morgan fingerprint density at radius 1 is 1.24 bits per heavy atom. The van der Waals surface area contributed by atoms with E-state index in [0.717, 1.165) is 0 Å². The highest BCUT2D eigenvalue weighted by molar-refractivity contribution is 5.95. The van der Waals surface area contributed by atoms with E-state index in [9.17, 15) is 9.59 Å². The van der Waals surface area contributed by atoms with Crippen molar-refractivity contribution in [3.8, 4) is 11.5 Å².